The predicted molar refractivity (Wildman–Crippen MR) is 135 cm³/mol. The maximum atomic E-state index is 13.1. The van der Waals surface area contributed by atoms with Crippen LogP contribution in [0.2, 0.25) is 0 Å². The van der Waals surface area contributed by atoms with Gasteiger partial charge in [-0.1, -0.05) is 63.2 Å². The molecule has 2 aromatic carbocycles. The molecule has 0 unspecified atom stereocenters. The maximum absolute atomic E-state index is 13.1. The first-order chi connectivity index (χ1) is 16.1. The highest BCUT2D eigenvalue weighted by Gasteiger charge is 2.34. The van der Waals surface area contributed by atoms with Gasteiger partial charge in [-0.25, -0.2) is 8.42 Å². The molecule has 2 saturated heterocycles. The van der Waals surface area contributed by atoms with Gasteiger partial charge in [0.15, 0.2) is 0 Å². The van der Waals surface area contributed by atoms with E-state index in [1.807, 2.05) is 23.1 Å². The van der Waals surface area contributed by atoms with Crippen molar-refractivity contribution in [2.75, 3.05) is 39.3 Å². The van der Waals surface area contributed by atoms with Crippen LogP contribution in [-0.2, 0) is 26.8 Å². The monoisotopic (exact) mass is 483 g/mol. The SMILES string of the molecule is CC(C)(C)c1ccc(S(=O)(=O)N2CCC(C(=O)N3CCN(Cc4ccccc4)CC3)CC2)cc1. The summed E-state index contributed by atoms with van der Waals surface area (Å²) in [6, 6.07) is 17.6. The summed E-state index contributed by atoms with van der Waals surface area (Å²) in [7, 11) is -3.53. The topological polar surface area (TPSA) is 60.9 Å². The molecule has 0 aromatic heterocycles. The molecule has 7 heteroatoms. The van der Waals surface area contributed by atoms with Gasteiger partial charge in [-0.2, -0.15) is 4.31 Å². The highest BCUT2D eigenvalue weighted by molar-refractivity contribution is 7.89. The quantitative estimate of drug-likeness (QED) is 0.650. The lowest BCUT2D eigenvalue weighted by atomic mass is 9.87. The molecule has 2 aliphatic heterocycles. The minimum Gasteiger partial charge on any atom is -0.340 e. The Labute approximate surface area is 204 Å². The van der Waals surface area contributed by atoms with Crippen molar-refractivity contribution in [3.8, 4) is 0 Å². The molecule has 0 radical (unpaired) electrons. The third kappa shape index (κ3) is 5.70. The smallest absolute Gasteiger partial charge is 0.243 e. The van der Waals surface area contributed by atoms with Gasteiger partial charge in [-0.3, -0.25) is 9.69 Å². The molecule has 2 aliphatic rings. The number of amides is 1. The number of benzene rings is 2. The van der Waals surface area contributed by atoms with E-state index in [1.54, 1.807) is 16.4 Å². The first kappa shape index (κ1) is 24.9. The summed E-state index contributed by atoms with van der Waals surface area (Å²) in [5.41, 5.74) is 2.39. The molecule has 2 fully saturated rings. The Kier molecular flexibility index (Phi) is 7.45. The van der Waals surface area contributed by atoms with Crippen LogP contribution in [0.1, 0.15) is 44.7 Å². The third-order valence-electron chi connectivity index (χ3n) is 7.09. The van der Waals surface area contributed by atoms with E-state index in [-0.39, 0.29) is 17.2 Å². The summed E-state index contributed by atoms with van der Waals surface area (Å²) >= 11 is 0. The van der Waals surface area contributed by atoms with Gasteiger partial charge < -0.3 is 4.90 Å². The van der Waals surface area contributed by atoms with Gasteiger partial charge in [-0.15, -0.1) is 0 Å². The van der Waals surface area contributed by atoms with Crippen molar-refractivity contribution in [1.82, 2.24) is 14.1 Å². The third-order valence-corrected chi connectivity index (χ3v) is 9.01. The lowest BCUT2D eigenvalue weighted by Crippen LogP contribution is -2.51. The predicted octanol–water partition coefficient (Wildman–Crippen LogP) is 3.73. The Morgan fingerprint density at radius 2 is 1.44 bits per heavy atom. The number of piperidine rings is 1. The molecule has 34 heavy (non-hydrogen) atoms. The van der Waals surface area contributed by atoms with E-state index in [1.165, 1.54) is 5.56 Å². The Morgan fingerprint density at radius 3 is 2.00 bits per heavy atom. The molecule has 0 bridgehead atoms. The Morgan fingerprint density at radius 1 is 0.853 bits per heavy atom. The number of hydrogen-bond acceptors (Lipinski definition) is 4. The van der Waals surface area contributed by atoms with Gasteiger partial charge in [0.25, 0.3) is 0 Å². The summed E-state index contributed by atoms with van der Waals surface area (Å²) in [4.78, 5) is 17.8. The van der Waals surface area contributed by atoms with Crippen molar-refractivity contribution in [2.45, 2.75) is 50.5 Å². The van der Waals surface area contributed by atoms with E-state index in [9.17, 15) is 13.2 Å². The van der Waals surface area contributed by atoms with E-state index < -0.39 is 10.0 Å². The van der Waals surface area contributed by atoms with Crippen molar-refractivity contribution in [2.24, 2.45) is 5.92 Å². The van der Waals surface area contributed by atoms with Crippen molar-refractivity contribution in [3.63, 3.8) is 0 Å². The average Bonchev–Trinajstić information content (AvgIpc) is 2.84. The molecular weight excluding hydrogens is 446 g/mol. The van der Waals surface area contributed by atoms with E-state index >= 15 is 0 Å². The molecule has 0 saturated carbocycles. The molecule has 0 atom stereocenters. The van der Waals surface area contributed by atoms with Gasteiger partial charge >= 0.3 is 0 Å². The van der Waals surface area contributed by atoms with E-state index in [4.69, 9.17) is 0 Å². The zero-order valence-corrected chi connectivity index (χ0v) is 21.4. The lowest BCUT2D eigenvalue weighted by molar-refractivity contribution is -0.138. The van der Waals surface area contributed by atoms with Crippen LogP contribution >= 0.6 is 0 Å². The molecule has 6 nitrogen and oxygen atoms in total. The second kappa shape index (κ2) is 10.2. The van der Waals surface area contributed by atoms with Gasteiger partial charge in [-0.05, 0) is 41.5 Å². The van der Waals surface area contributed by atoms with Crippen LogP contribution in [0.5, 0.6) is 0 Å². The van der Waals surface area contributed by atoms with Crippen LogP contribution in [0, 0.1) is 5.92 Å². The number of nitrogens with zero attached hydrogens (tertiary/aromatic N) is 3. The van der Waals surface area contributed by atoms with E-state index in [0.29, 0.717) is 30.8 Å². The second-order valence-electron chi connectivity index (χ2n) is 10.5. The van der Waals surface area contributed by atoms with Crippen LogP contribution in [0.4, 0.5) is 0 Å². The van der Waals surface area contributed by atoms with Gasteiger partial charge in [0.2, 0.25) is 15.9 Å². The minimum atomic E-state index is -3.53. The first-order valence-corrected chi connectivity index (χ1v) is 13.7. The van der Waals surface area contributed by atoms with Crippen molar-refractivity contribution in [1.29, 1.82) is 0 Å². The molecule has 184 valence electrons. The van der Waals surface area contributed by atoms with Crippen molar-refractivity contribution < 1.29 is 13.2 Å². The summed E-state index contributed by atoms with van der Waals surface area (Å²) in [5, 5.41) is 0. The van der Waals surface area contributed by atoms with E-state index in [0.717, 1.165) is 38.3 Å². The standard InChI is InChI=1S/C27H37N3O3S/c1-27(2,3)24-9-11-25(12-10-24)34(32,33)30-15-13-23(14-16-30)26(31)29-19-17-28(18-20-29)21-22-7-5-4-6-8-22/h4-12,23H,13-21H2,1-3H3. The fourth-order valence-electron chi connectivity index (χ4n) is 4.85. The molecule has 4 rings (SSSR count). The summed E-state index contributed by atoms with van der Waals surface area (Å²) < 4.78 is 27.8. The summed E-state index contributed by atoms with van der Waals surface area (Å²) in [6.45, 7) is 11.3. The maximum Gasteiger partial charge on any atom is 0.243 e. The van der Waals surface area contributed by atoms with Crippen LogP contribution in [-0.4, -0.2) is 67.7 Å². The Balaban J connectivity index is 1.28. The number of rotatable bonds is 5. The fourth-order valence-corrected chi connectivity index (χ4v) is 6.31. The normalized spacial score (nSPS) is 19.3. The van der Waals surface area contributed by atoms with Gasteiger partial charge in [0, 0.05) is 51.7 Å². The molecular formula is C27H37N3O3S. The second-order valence-corrected chi connectivity index (χ2v) is 12.5. The fraction of sp³-hybridized carbons (Fsp3) is 0.519. The highest BCUT2D eigenvalue weighted by atomic mass is 32.2. The molecule has 0 aliphatic carbocycles. The van der Waals surface area contributed by atoms with Crippen LogP contribution in [0.25, 0.3) is 0 Å². The minimum absolute atomic E-state index is 0.0198. The highest BCUT2D eigenvalue weighted by Crippen LogP contribution is 2.28. The van der Waals surface area contributed by atoms with Crippen molar-refractivity contribution in [3.05, 3.63) is 65.7 Å². The molecule has 1 amide bonds. The molecule has 2 aromatic rings. The lowest BCUT2D eigenvalue weighted by Gasteiger charge is -2.38. The van der Waals surface area contributed by atoms with Gasteiger partial charge in [0.1, 0.15) is 0 Å². The first-order valence-electron chi connectivity index (χ1n) is 12.3. The van der Waals surface area contributed by atoms with Crippen LogP contribution < -0.4 is 0 Å². The Hall–Kier alpha value is -2.22. The largest absolute Gasteiger partial charge is 0.340 e. The van der Waals surface area contributed by atoms with Gasteiger partial charge in [0.05, 0.1) is 4.90 Å². The van der Waals surface area contributed by atoms with Crippen molar-refractivity contribution >= 4 is 15.9 Å². The number of carbonyl (C=O) groups is 1. The average molecular weight is 484 g/mol. The van der Waals surface area contributed by atoms with Crippen LogP contribution in [0.3, 0.4) is 0 Å². The Bertz CT molecular complexity index is 1060. The molecule has 0 N–H and O–H groups in total. The number of carbonyl (C=O) groups excluding carboxylic acids is 1. The zero-order valence-electron chi connectivity index (χ0n) is 20.6. The zero-order chi connectivity index (χ0) is 24.3. The number of piperazine rings is 1. The molecule has 2 heterocycles. The van der Waals surface area contributed by atoms with E-state index in [2.05, 4.69) is 49.9 Å². The molecule has 0 spiro atoms. The van der Waals surface area contributed by atoms with Crippen LogP contribution in [0.15, 0.2) is 59.5 Å². The summed E-state index contributed by atoms with van der Waals surface area (Å²) in [6.07, 6.45) is 1.17. The number of hydrogen-bond donors (Lipinski definition) is 0. The summed E-state index contributed by atoms with van der Waals surface area (Å²) in [5.74, 6) is 0.0985. The number of sulfonamides is 1.